The van der Waals surface area contributed by atoms with Crippen LogP contribution in [0.15, 0.2) is 18.2 Å². The molecular weight excluding hydrogens is 262 g/mol. The molecule has 0 bridgehead atoms. The fraction of sp³-hybridized carbons (Fsp3) is 0.571. The lowest BCUT2D eigenvalue weighted by Crippen LogP contribution is -2.43. The molecule has 1 unspecified atom stereocenters. The van der Waals surface area contributed by atoms with E-state index in [0.29, 0.717) is 18.8 Å². The van der Waals surface area contributed by atoms with Gasteiger partial charge in [0.15, 0.2) is 9.84 Å². The van der Waals surface area contributed by atoms with Gasteiger partial charge in [-0.15, -0.1) is 0 Å². The summed E-state index contributed by atoms with van der Waals surface area (Å²) in [6.07, 6.45) is 3.24. The molecule has 1 heterocycles. The summed E-state index contributed by atoms with van der Waals surface area (Å²) in [7, 11) is -2.83. The molecule has 0 radical (unpaired) electrons. The first-order chi connectivity index (χ1) is 9.05. The van der Waals surface area contributed by atoms with E-state index in [4.69, 9.17) is 0 Å². The lowest BCUT2D eigenvalue weighted by Gasteiger charge is -2.37. The zero-order valence-electron chi connectivity index (χ0n) is 10.9. The van der Waals surface area contributed by atoms with Crippen LogP contribution >= 0.6 is 0 Å². The highest BCUT2D eigenvalue weighted by atomic mass is 32.2. The summed E-state index contributed by atoms with van der Waals surface area (Å²) in [6, 6.07) is 5.85. The number of sulfone groups is 1. The van der Waals surface area contributed by atoms with Gasteiger partial charge < -0.3 is 5.11 Å². The monoisotopic (exact) mass is 281 g/mol. The van der Waals surface area contributed by atoms with Crippen LogP contribution in [-0.4, -0.2) is 43.0 Å². The number of phenols is 1. The van der Waals surface area contributed by atoms with Crippen LogP contribution in [0, 0.1) is 0 Å². The number of aryl methyl sites for hydroxylation is 1. The Morgan fingerprint density at radius 3 is 2.68 bits per heavy atom. The van der Waals surface area contributed by atoms with Crippen molar-refractivity contribution in [3.63, 3.8) is 0 Å². The number of aromatic hydroxyl groups is 1. The number of fused-ring (bicyclic) bond motifs is 1. The van der Waals surface area contributed by atoms with Gasteiger partial charge in [-0.3, -0.25) is 4.90 Å². The minimum atomic E-state index is -2.83. The maximum absolute atomic E-state index is 11.5. The highest BCUT2D eigenvalue weighted by molar-refractivity contribution is 7.91. The molecular formula is C14H19NO3S. The lowest BCUT2D eigenvalue weighted by atomic mass is 9.86. The van der Waals surface area contributed by atoms with Crippen molar-refractivity contribution in [2.75, 3.05) is 24.6 Å². The molecule has 1 saturated heterocycles. The van der Waals surface area contributed by atoms with Crippen LogP contribution in [0.1, 0.15) is 30.0 Å². The van der Waals surface area contributed by atoms with Crippen molar-refractivity contribution in [1.29, 1.82) is 0 Å². The molecule has 0 amide bonds. The Bertz CT molecular complexity index is 568. The minimum Gasteiger partial charge on any atom is -0.508 e. The summed E-state index contributed by atoms with van der Waals surface area (Å²) in [5.41, 5.74) is 2.48. The molecule has 2 aliphatic rings. The maximum Gasteiger partial charge on any atom is 0.152 e. The van der Waals surface area contributed by atoms with Crippen molar-refractivity contribution in [3.05, 3.63) is 29.3 Å². The summed E-state index contributed by atoms with van der Waals surface area (Å²) in [5, 5.41) is 9.67. The highest BCUT2D eigenvalue weighted by Gasteiger charge is 2.30. The second-order valence-corrected chi connectivity index (χ2v) is 7.78. The van der Waals surface area contributed by atoms with Crippen molar-refractivity contribution in [1.82, 2.24) is 4.90 Å². The van der Waals surface area contributed by atoms with Gasteiger partial charge in [-0.05, 0) is 42.5 Å². The standard InChI is InChI=1S/C14H19NO3S/c16-12-5-4-11-2-1-3-14(13(11)10-12)15-6-8-19(17,18)9-7-15/h4-5,10,14,16H,1-3,6-9H2. The average molecular weight is 281 g/mol. The summed E-state index contributed by atoms with van der Waals surface area (Å²) in [6.45, 7) is 1.23. The van der Waals surface area contributed by atoms with Crippen molar-refractivity contribution < 1.29 is 13.5 Å². The third kappa shape index (κ3) is 2.62. The summed E-state index contributed by atoms with van der Waals surface area (Å²) >= 11 is 0. The predicted molar refractivity (Wildman–Crippen MR) is 74.0 cm³/mol. The van der Waals surface area contributed by atoms with Gasteiger partial charge in [0.1, 0.15) is 5.75 Å². The number of benzene rings is 1. The Labute approximate surface area is 114 Å². The SMILES string of the molecule is O=S1(=O)CCN(C2CCCc3ccc(O)cc32)CC1. The molecule has 3 rings (SSSR count). The molecule has 0 aromatic heterocycles. The van der Waals surface area contributed by atoms with Crippen molar-refractivity contribution in [2.24, 2.45) is 0 Å². The molecule has 4 nitrogen and oxygen atoms in total. The Morgan fingerprint density at radius 1 is 1.21 bits per heavy atom. The fourth-order valence-corrected chi connectivity index (χ4v) is 4.41. The molecule has 1 aliphatic carbocycles. The fourth-order valence-electron chi connectivity index (χ4n) is 3.18. The Balaban J connectivity index is 1.86. The van der Waals surface area contributed by atoms with E-state index in [2.05, 4.69) is 4.90 Å². The van der Waals surface area contributed by atoms with E-state index in [0.717, 1.165) is 19.3 Å². The number of hydrogen-bond donors (Lipinski definition) is 1. The summed E-state index contributed by atoms with van der Waals surface area (Å²) in [5.74, 6) is 0.824. The van der Waals surface area contributed by atoms with E-state index in [1.807, 2.05) is 12.1 Å². The largest absolute Gasteiger partial charge is 0.508 e. The van der Waals surface area contributed by atoms with E-state index >= 15 is 0 Å². The molecule has 19 heavy (non-hydrogen) atoms. The first-order valence-electron chi connectivity index (χ1n) is 6.81. The Morgan fingerprint density at radius 2 is 1.95 bits per heavy atom. The van der Waals surface area contributed by atoms with Crippen LogP contribution in [0.5, 0.6) is 5.75 Å². The van der Waals surface area contributed by atoms with Crippen LogP contribution in [0.2, 0.25) is 0 Å². The third-order valence-corrected chi connectivity index (χ3v) is 5.84. The van der Waals surface area contributed by atoms with Gasteiger partial charge in [-0.1, -0.05) is 6.07 Å². The van der Waals surface area contributed by atoms with Crippen LogP contribution < -0.4 is 0 Å². The van der Waals surface area contributed by atoms with Crippen molar-refractivity contribution in [2.45, 2.75) is 25.3 Å². The second kappa shape index (κ2) is 4.80. The first-order valence-corrected chi connectivity index (χ1v) is 8.63. The van der Waals surface area contributed by atoms with Crippen molar-refractivity contribution >= 4 is 9.84 Å². The number of hydrogen-bond acceptors (Lipinski definition) is 4. The number of rotatable bonds is 1. The van der Waals surface area contributed by atoms with E-state index < -0.39 is 9.84 Å². The summed E-state index contributed by atoms with van der Waals surface area (Å²) in [4.78, 5) is 2.26. The molecule has 104 valence electrons. The molecule has 1 atom stereocenters. The molecule has 5 heteroatoms. The molecule has 1 fully saturated rings. The quantitative estimate of drug-likeness (QED) is 0.847. The molecule has 1 aliphatic heterocycles. The topological polar surface area (TPSA) is 57.6 Å². The van der Waals surface area contributed by atoms with Gasteiger partial charge in [-0.2, -0.15) is 0 Å². The van der Waals surface area contributed by atoms with Gasteiger partial charge in [0.2, 0.25) is 0 Å². The average Bonchev–Trinajstić information content (AvgIpc) is 2.38. The first kappa shape index (κ1) is 12.9. The number of phenolic OH excluding ortho intramolecular Hbond substituents is 1. The van der Waals surface area contributed by atoms with Crippen LogP contribution in [0.3, 0.4) is 0 Å². The maximum atomic E-state index is 11.5. The number of nitrogens with zero attached hydrogens (tertiary/aromatic N) is 1. The smallest absolute Gasteiger partial charge is 0.152 e. The summed E-state index contributed by atoms with van der Waals surface area (Å²) < 4.78 is 23.0. The highest BCUT2D eigenvalue weighted by Crippen LogP contribution is 2.36. The van der Waals surface area contributed by atoms with E-state index in [1.165, 1.54) is 11.1 Å². The van der Waals surface area contributed by atoms with E-state index in [1.54, 1.807) is 6.07 Å². The van der Waals surface area contributed by atoms with Gasteiger partial charge in [0.25, 0.3) is 0 Å². The molecule has 1 aromatic rings. The van der Waals surface area contributed by atoms with E-state index in [9.17, 15) is 13.5 Å². The molecule has 0 saturated carbocycles. The predicted octanol–water partition coefficient (Wildman–Crippen LogP) is 1.50. The lowest BCUT2D eigenvalue weighted by molar-refractivity contribution is 0.193. The third-order valence-electron chi connectivity index (χ3n) is 4.23. The normalized spacial score (nSPS) is 26.8. The van der Waals surface area contributed by atoms with Crippen LogP contribution in [0.4, 0.5) is 0 Å². The zero-order chi connectivity index (χ0) is 13.5. The van der Waals surface area contributed by atoms with E-state index in [-0.39, 0.29) is 17.5 Å². The molecule has 0 spiro atoms. The minimum absolute atomic E-state index is 0.262. The van der Waals surface area contributed by atoms with Crippen molar-refractivity contribution in [3.8, 4) is 5.75 Å². The molecule has 1 N–H and O–H groups in total. The second-order valence-electron chi connectivity index (χ2n) is 5.48. The van der Waals surface area contributed by atoms with Crippen LogP contribution in [0.25, 0.3) is 0 Å². The van der Waals surface area contributed by atoms with Gasteiger partial charge in [0, 0.05) is 19.1 Å². The zero-order valence-corrected chi connectivity index (χ0v) is 11.7. The van der Waals surface area contributed by atoms with Gasteiger partial charge >= 0.3 is 0 Å². The van der Waals surface area contributed by atoms with Crippen LogP contribution in [-0.2, 0) is 16.3 Å². The molecule has 1 aromatic carbocycles. The Kier molecular flexibility index (Phi) is 3.27. The van der Waals surface area contributed by atoms with Gasteiger partial charge in [-0.25, -0.2) is 8.42 Å². The van der Waals surface area contributed by atoms with Gasteiger partial charge in [0.05, 0.1) is 11.5 Å². The Hall–Kier alpha value is -1.07.